The van der Waals surface area contributed by atoms with Crippen LogP contribution in [0.3, 0.4) is 0 Å². The van der Waals surface area contributed by atoms with Crippen LogP contribution in [0, 0.1) is 0 Å². The highest BCUT2D eigenvalue weighted by Gasteiger charge is 2.24. The van der Waals surface area contributed by atoms with E-state index in [1.54, 1.807) is 18.6 Å². The van der Waals surface area contributed by atoms with Crippen LogP contribution in [0.2, 0.25) is 0 Å². The summed E-state index contributed by atoms with van der Waals surface area (Å²) in [6, 6.07) is 14.6. The second-order valence-corrected chi connectivity index (χ2v) is 9.63. The third-order valence-electron chi connectivity index (χ3n) is 7.50. The van der Waals surface area contributed by atoms with Crippen molar-refractivity contribution in [2.45, 2.75) is 6.92 Å². The molecule has 2 saturated heterocycles. The van der Waals surface area contributed by atoms with Gasteiger partial charge in [0.05, 0.1) is 11.9 Å². The number of amides is 1. The van der Waals surface area contributed by atoms with Crippen molar-refractivity contribution in [3.63, 3.8) is 0 Å². The summed E-state index contributed by atoms with van der Waals surface area (Å²) < 4.78 is 0. The molecule has 37 heavy (non-hydrogen) atoms. The number of anilines is 2. The number of pyridine rings is 1. The first-order valence-electron chi connectivity index (χ1n) is 13.1. The van der Waals surface area contributed by atoms with Crippen LogP contribution < -0.4 is 9.80 Å². The Morgan fingerprint density at radius 3 is 2.35 bits per heavy atom. The molecular weight excluding hydrogens is 464 g/mol. The number of carbonyl (C=O) groups excluding carboxylic acids is 1. The Balaban J connectivity index is 1.13. The number of carbonyl (C=O) groups is 1. The lowest BCUT2D eigenvalue weighted by Crippen LogP contribution is -2.49. The molecule has 2 fully saturated rings. The number of fused-ring (bicyclic) bond motifs is 1. The van der Waals surface area contributed by atoms with Crippen molar-refractivity contribution in [2.75, 3.05) is 68.7 Å². The van der Waals surface area contributed by atoms with Crippen LogP contribution in [0.1, 0.15) is 17.4 Å². The van der Waals surface area contributed by atoms with Gasteiger partial charge in [0, 0.05) is 81.4 Å². The maximum atomic E-state index is 13.2. The van der Waals surface area contributed by atoms with Crippen molar-refractivity contribution in [3.8, 4) is 11.3 Å². The molecule has 2 aliphatic heterocycles. The van der Waals surface area contributed by atoms with E-state index >= 15 is 0 Å². The molecule has 2 aliphatic rings. The average molecular weight is 497 g/mol. The number of aromatic amines is 1. The number of hydrogen-bond acceptors (Lipinski definition) is 7. The fraction of sp³-hybridized carbons (Fsp3) is 0.357. The molecule has 6 rings (SSSR count). The maximum Gasteiger partial charge on any atom is 0.270 e. The Kier molecular flexibility index (Phi) is 6.44. The van der Waals surface area contributed by atoms with Crippen molar-refractivity contribution in [3.05, 3.63) is 66.7 Å². The Morgan fingerprint density at radius 1 is 0.892 bits per heavy atom. The van der Waals surface area contributed by atoms with Gasteiger partial charge in [-0.1, -0.05) is 19.1 Å². The third-order valence-corrected chi connectivity index (χ3v) is 7.50. The average Bonchev–Trinajstić information content (AvgIpc) is 3.41. The molecule has 1 amide bonds. The maximum absolute atomic E-state index is 13.2. The molecule has 1 aromatic carbocycles. The summed E-state index contributed by atoms with van der Waals surface area (Å²) in [6.07, 6.45) is 5.13. The van der Waals surface area contributed by atoms with Crippen molar-refractivity contribution < 1.29 is 4.79 Å². The molecule has 1 N–H and O–H groups in total. The Hall–Kier alpha value is -3.98. The van der Waals surface area contributed by atoms with Crippen molar-refractivity contribution in [2.24, 2.45) is 0 Å². The van der Waals surface area contributed by atoms with Crippen LogP contribution in [0.5, 0.6) is 0 Å². The van der Waals surface area contributed by atoms with Gasteiger partial charge in [0.2, 0.25) is 0 Å². The quantitative estimate of drug-likeness (QED) is 0.454. The number of piperazine rings is 2. The summed E-state index contributed by atoms with van der Waals surface area (Å²) in [5, 5.41) is 0.940. The molecule has 0 bridgehead atoms. The first-order valence-corrected chi connectivity index (χ1v) is 13.1. The Bertz CT molecular complexity index is 1350. The summed E-state index contributed by atoms with van der Waals surface area (Å²) in [4.78, 5) is 38.8. The molecular formula is C28H32N8O. The van der Waals surface area contributed by atoms with Gasteiger partial charge in [-0.2, -0.15) is 0 Å². The molecule has 0 atom stereocenters. The molecule has 4 aromatic rings. The predicted octanol–water partition coefficient (Wildman–Crippen LogP) is 3.12. The topological polar surface area (TPSA) is 84.5 Å². The first-order chi connectivity index (χ1) is 18.2. The minimum absolute atomic E-state index is 0.00543. The summed E-state index contributed by atoms with van der Waals surface area (Å²) in [5.74, 6) is 0.856. The molecule has 3 aromatic heterocycles. The zero-order chi connectivity index (χ0) is 25.2. The number of nitrogens with one attached hydrogen (secondary N) is 1. The summed E-state index contributed by atoms with van der Waals surface area (Å²) >= 11 is 0. The molecule has 0 spiro atoms. The number of nitrogens with zero attached hydrogens (tertiary/aromatic N) is 7. The Morgan fingerprint density at radius 2 is 1.65 bits per heavy atom. The predicted molar refractivity (Wildman–Crippen MR) is 146 cm³/mol. The monoisotopic (exact) mass is 496 g/mol. The largest absolute Gasteiger partial charge is 0.369 e. The van der Waals surface area contributed by atoms with E-state index in [2.05, 4.69) is 60.8 Å². The molecule has 9 heteroatoms. The van der Waals surface area contributed by atoms with Crippen molar-refractivity contribution in [1.29, 1.82) is 0 Å². The number of H-pyrrole nitrogens is 1. The van der Waals surface area contributed by atoms with Gasteiger partial charge in [-0.3, -0.25) is 9.78 Å². The highest BCUT2D eigenvalue weighted by molar-refractivity contribution is 5.97. The molecule has 0 saturated carbocycles. The number of benzene rings is 1. The van der Waals surface area contributed by atoms with Crippen LogP contribution in [0.25, 0.3) is 22.3 Å². The standard InChI is InChI=1S/C28H32N8O/c1-2-33-11-13-34(14-12-33)23-6-3-21(4-7-23)24-8-5-22-19-25(32-27(22)31-24)28(37)36-17-15-35(16-18-36)26-20-29-9-10-30-26/h3-10,19-20H,2,11-18H2,1H3,(H,31,32). The van der Waals surface area contributed by atoms with Crippen LogP contribution in [0.4, 0.5) is 11.5 Å². The fourth-order valence-corrected chi connectivity index (χ4v) is 5.21. The van der Waals surface area contributed by atoms with Gasteiger partial charge in [-0.05, 0) is 36.9 Å². The van der Waals surface area contributed by atoms with Gasteiger partial charge in [0.1, 0.15) is 17.2 Å². The molecule has 0 unspecified atom stereocenters. The van der Waals surface area contributed by atoms with Crippen LogP contribution >= 0.6 is 0 Å². The second-order valence-electron chi connectivity index (χ2n) is 9.63. The van der Waals surface area contributed by atoms with Gasteiger partial charge in [-0.25, -0.2) is 9.97 Å². The highest BCUT2D eigenvalue weighted by Crippen LogP contribution is 2.25. The molecule has 190 valence electrons. The van der Waals surface area contributed by atoms with Crippen molar-refractivity contribution in [1.82, 2.24) is 29.7 Å². The Labute approximate surface area is 216 Å². The molecule has 0 radical (unpaired) electrons. The van der Waals surface area contributed by atoms with E-state index < -0.39 is 0 Å². The van der Waals surface area contributed by atoms with E-state index in [0.717, 1.165) is 73.9 Å². The van der Waals surface area contributed by atoms with Crippen LogP contribution in [-0.2, 0) is 0 Å². The van der Waals surface area contributed by atoms with Gasteiger partial charge >= 0.3 is 0 Å². The van der Waals surface area contributed by atoms with E-state index in [4.69, 9.17) is 4.98 Å². The molecule has 5 heterocycles. The fourth-order valence-electron chi connectivity index (χ4n) is 5.21. The lowest BCUT2D eigenvalue weighted by Gasteiger charge is -2.35. The normalized spacial score (nSPS) is 16.9. The summed E-state index contributed by atoms with van der Waals surface area (Å²) in [5.41, 5.74) is 4.54. The van der Waals surface area contributed by atoms with E-state index in [1.165, 1.54) is 5.69 Å². The van der Waals surface area contributed by atoms with E-state index in [1.807, 2.05) is 23.1 Å². The number of rotatable bonds is 5. The SMILES string of the molecule is CCN1CCN(c2ccc(-c3ccc4cc(C(=O)N5CCN(c6cnccn6)CC5)[nH]c4n3)cc2)CC1. The van der Waals surface area contributed by atoms with Gasteiger partial charge in [0.15, 0.2) is 0 Å². The third kappa shape index (κ3) is 4.86. The highest BCUT2D eigenvalue weighted by atomic mass is 16.2. The van der Waals surface area contributed by atoms with Gasteiger partial charge in [0.25, 0.3) is 5.91 Å². The van der Waals surface area contributed by atoms with Crippen LogP contribution in [0.15, 0.2) is 61.1 Å². The number of hydrogen-bond donors (Lipinski definition) is 1. The van der Waals surface area contributed by atoms with Gasteiger partial charge in [-0.15, -0.1) is 0 Å². The molecule has 9 nitrogen and oxygen atoms in total. The van der Waals surface area contributed by atoms with Crippen LogP contribution in [-0.4, -0.2) is 94.5 Å². The minimum Gasteiger partial charge on any atom is -0.369 e. The van der Waals surface area contributed by atoms with E-state index in [9.17, 15) is 4.79 Å². The number of aromatic nitrogens is 4. The zero-order valence-corrected chi connectivity index (χ0v) is 21.2. The minimum atomic E-state index is 0.00543. The second kappa shape index (κ2) is 10.2. The lowest BCUT2D eigenvalue weighted by molar-refractivity contribution is 0.0741. The van der Waals surface area contributed by atoms with Gasteiger partial charge < -0.3 is 24.6 Å². The first kappa shape index (κ1) is 23.4. The number of likely N-dealkylation sites (N-methyl/N-ethyl adjacent to an activating group) is 1. The summed E-state index contributed by atoms with van der Waals surface area (Å²) in [7, 11) is 0. The smallest absolute Gasteiger partial charge is 0.270 e. The lowest BCUT2D eigenvalue weighted by atomic mass is 10.1. The zero-order valence-electron chi connectivity index (χ0n) is 21.2. The summed E-state index contributed by atoms with van der Waals surface area (Å²) in [6.45, 7) is 10.4. The van der Waals surface area contributed by atoms with Crippen molar-refractivity contribution >= 4 is 28.4 Å². The van der Waals surface area contributed by atoms with E-state index in [-0.39, 0.29) is 5.91 Å². The van der Waals surface area contributed by atoms with E-state index in [0.29, 0.717) is 18.8 Å². The molecule has 0 aliphatic carbocycles.